The summed E-state index contributed by atoms with van der Waals surface area (Å²) < 4.78 is 13.9. The van der Waals surface area contributed by atoms with Gasteiger partial charge >= 0.3 is 0 Å². The molecule has 0 fully saturated rings. The lowest BCUT2D eigenvalue weighted by molar-refractivity contribution is -0.122. The van der Waals surface area contributed by atoms with Crippen molar-refractivity contribution >= 4 is 11.6 Å². The molecule has 0 spiro atoms. The van der Waals surface area contributed by atoms with Crippen LogP contribution in [-0.2, 0) is 10.2 Å². The van der Waals surface area contributed by atoms with Crippen LogP contribution in [0, 0.1) is 11.7 Å². The van der Waals surface area contributed by atoms with Gasteiger partial charge in [-0.2, -0.15) is 0 Å². The maximum Gasteiger partial charge on any atom is 0.237 e. The number of rotatable bonds is 2. The van der Waals surface area contributed by atoms with Gasteiger partial charge in [-0.3, -0.25) is 4.79 Å². The third kappa shape index (κ3) is 1.74. The van der Waals surface area contributed by atoms with E-state index in [9.17, 15) is 9.18 Å². The molecule has 1 aromatic carbocycles. The summed E-state index contributed by atoms with van der Waals surface area (Å²) >= 11 is 0. The molecule has 92 valence electrons. The quantitative estimate of drug-likeness (QED) is 0.771. The fraction of sp³-hybridized carbons (Fsp3) is 0.500. The number of nitrogens with zero attached hydrogens (tertiary/aromatic N) is 1. The monoisotopic (exact) mass is 235 g/mol. The lowest BCUT2D eigenvalue weighted by atomic mass is 9.86. The Labute approximate surface area is 101 Å². The number of benzene rings is 1. The SMILES string of the molecule is CC(C)CN1C(=O)C(C)(C)c2cccc(F)c21. The van der Waals surface area contributed by atoms with Gasteiger partial charge in [-0.25, -0.2) is 4.39 Å². The molecular formula is C14H18FNO. The summed E-state index contributed by atoms with van der Waals surface area (Å²) in [4.78, 5) is 13.9. The minimum atomic E-state index is -0.619. The lowest BCUT2D eigenvalue weighted by Gasteiger charge is -2.22. The Bertz CT molecular complexity index is 465. The van der Waals surface area contributed by atoms with E-state index in [1.165, 1.54) is 6.07 Å². The number of fused-ring (bicyclic) bond motifs is 1. The van der Waals surface area contributed by atoms with E-state index in [-0.39, 0.29) is 11.7 Å². The average molecular weight is 235 g/mol. The Morgan fingerprint density at radius 3 is 2.59 bits per heavy atom. The van der Waals surface area contributed by atoms with Crippen LogP contribution in [0.15, 0.2) is 18.2 Å². The fourth-order valence-electron chi connectivity index (χ4n) is 2.39. The Kier molecular flexibility index (Phi) is 2.72. The van der Waals surface area contributed by atoms with Gasteiger partial charge in [0.15, 0.2) is 0 Å². The predicted molar refractivity (Wildman–Crippen MR) is 66.6 cm³/mol. The zero-order chi connectivity index (χ0) is 12.8. The van der Waals surface area contributed by atoms with Crippen molar-refractivity contribution in [1.29, 1.82) is 0 Å². The van der Waals surface area contributed by atoms with Crippen molar-refractivity contribution in [3.63, 3.8) is 0 Å². The molecule has 1 heterocycles. The van der Waals surface area contributed by atoms with E-state index >= 15 is 0 Å². The highest BCUT2D eigenvalue weighted by atomic mass is 19.1. The summed E-state index contributed by atoms with van der Waals surface area (Å²) in [6, 6.07) is 4.93. The molecule has 1 aliphatic rings. The summed E-state index contributed by atoms with van der Waals surface area (Å²) in [5.74, 6) is 0.00804. The fourth-order valence-corrected chi connectivity index (χ4v) is 2.39. The molecule has 0 saturated carbocycles. The Balaban J connectivity index is 2.56. The second kappa shape index (κ2) is 3.83. The molecule has 1 aliphatic heterocycles. The zero-order valence-corrected chi connectivity index (χ0v) is 10.7. The summed E-state index contributed by atoms with van der Waals surface area (Å²) in [6.45, 7) is 8.33. The molecule has 0 N–H and O–H groups in total. The molecule has 2 rings (SSSR count). The predicted octanol–water partition coefficient (Wildman–Crippen LogP) is 3.11. The van der Waals surface area contributed by atoms with Gasteiger partial charge in [-0.1, -0.05) is 26.0 Å². The van der Waals surface area contributed by atoms with Crippen LogP contribution in [0.2, 0.25) is 0 Å². The van der Waals surface area contributed by atoms with E-state index in [1.54, 1.807) is 11.0 Å². The third-order valence-electron chi connectivity index (χ3n) is 3.26. The Morgan fingerprint density at radius 1 is 1.35 bits per heavy atom. The number of hydrogen-bond acceptors (Lipinski definition) is 1. The van der Waals surface area contributed by atoms with Crippen LogP contribution in [0.3, 0.4) is 0 Å². The van der Waals surface area contributed by atoms with E-state index in [0.29, 0.717) is 18.2 Å². The molecule has 0 radical (unpaired) electrons. The van der Waals surface area contributed by atoms with Crippen molar-refractivity contribution in [2.75, 3.05) is 11.4 Å². The second-order valence-electron chi connectivity index (χ2n) is 5.57. The molecule has 3 heteroatoms. The number of anilines is 1. The highest BCUT2D eigenvalue weighted by molar-refractivity contribution is 6.07. The minimum Gasteiger partial charge on any atom is -0.308 e. The van der Waals surface area contributed by atoms with Crippen LogP contribution in [0.5, 0.6) is 0 Å². The molecular weight excluding hydrogens is 217 g/mol. The second-order valence-corrected chi connectivity index (χ2v) is 5.57. The lowest BCUT2D eigenvalue weighted by Crippen LogP contribution is -2.38. The van der Waals surface area contributed by atoms with Crippen molar-refractivity contribution in [2.24, 2.45) is 5.92 Å². The zero-order valence-electron chi connectivity index (χ0n) is 10.7. The third-order valence-corrected chi connectivity index (χ3v) is 3.26. The number of para-hydroxylation sites is 1. The van der Waals surface area contributed by atoms with E-state index in [2.05, 4.69) is 0 Å². The molecule has 17 heavy (non-hydrogen) atoms. The van der Waals surface area contributed by atoms with Gasteiger partial charge in [-0.15, -0.1) is 0 Å². The van der Waals surface area contributed by atoms with Crippen LogP contribution >= 0.6 is 0 Å². The van der Waals surface area contributed by atoms with Crippen molar-refractivity contribution in [3.05, 3.63) is 29.6 Å². The molecule has 0 atom stereocenters. The van der Waals surface area contributed by atoms with Gasteiger partial charge in [-0.05, 0) is 31.4 Å². The number of carbonyl (C=O) groups excluding carboxylic acids is 1. The Morgan fingerprint density at radius 2 is 2.00 bits per heavy atom. The normalized spacial score (nSPS) is 17.8. The molecule has 0 unspecified atom stereocenters. The number of hydrogen-bond donors (Lipinski definition) is 0. The van der Waals surface area contributed by atoms with Crippen LogP contribution in [0.4, 0.5) is 10.1 Å². The highest BCUT2D eigenvalue weighted by Gasteiger charge is 2.45. The van der Waals surface area contributed by atoms with E-state index in [4.69, 9.17) is 0 Å². The number of carbonyl (C=O) groups is 1. The van der Waals surface area contributed by atoms with Crippen LogP contribution in [-0.4, -0.2) is 12.5 Å². The van der Waals surface area contributed by atoms with Crippen molar-refractivity contribution < 1.29 is 9.18 Å². The highest BCUT2D eigenvalue weighted by Crippen LogP contribution is 2.43. The van der Waals surface area contributed by atoms with Crippen molar-refractivity contribution in [1.82, 2.24) is 0 Å². The Hall–Kier alpha value is -1.38. The van der Waals surface area contributed by atoms with E-state index in [0.717, 1.165) is 5.56 Å². The van der Waals surface area contributed by atoms with Crippen LogP contribution < -0.4 is 4.90 Å². The van der Waals surface area contributed by atoms with Gasteiger partial charge in [0.25, 0.3) is 0 Å². The summed E-state index contributed by atoms with van der Waals surface area (Å²) in [5.41, 5.74) is 0.645. The van der Waals surface area contributed by atoms with Gasteiger partial charge in [0, 0.05) is 6.54 Å². The van der Waals surface area contributed by atoms with E-state index in [1.807, 2.05) is 33.8 Å². The maximum atomic E-state index is 13.9. The summed E-state index contributed by atoms with van der Waals surface area (Å²) in [5, 5.41) is 0. The maximum absolute atomic E-state index is 13.9. The first-order valence-corrected chi connectivity index (χ1v) is 5.96. The van der Waals surface area contributed by atoms with Gasteiger partial charge in [0.1, 0.15) is 5.82 Å². The topological polar surface area (TPSA) is 20.3 Å². The molecule has 0 saturated heterocycles. The number of amides is 1. The summed E-state index contributed by atoms with van der Waals surface area (Å²) in [6.07, 6.45) is 0. The average Bonchev–Trinajstić information content (AvgIpc) is 2.41. The summed E-state index contributed by atoms with van der Waals surface area (Å²) in [7, 11) is 0. The van der Waals surface area contributed by atoms with Crippen molar-refractivity contribution in [2.45, 2.75) is 33.1 Å². The molecule has 0 aliphatic carbocycles. The first kappa shape index (κ1) is 12.1. The molecule has 0 aromatic heterocycles. The van der Waals surface area contributed by atoms with Gasteiger partial charge in [0.05, 0.1) is 11.1 Å². The smallest absolute Gasteiger partial charge is 0.237 e. The van der Waals surface area contributed by atoms with Crippen LogP contribution in [0.25, 0.3) is 0 Å². The van der Waals surface area contributed by atoms with E-state index < -0.39 is 5.41 Å². The molecule has 1 amide bonds. The first-order valence-electron chi connectivity index (χ1n) is 5.96. The standard InChI is InChI=1S/C14H18FNO/c1-9(2)8-16-12-10(6-5-7-11(12)15)14(3,4)13(16)17/h5-7,9H,8H2,1-4H3. The van der Waals surface area contributed by atoms with Crippen LogP contribution in [0.1, 0.15) is 33.3 Å². The first-order chi connectivity index (χ1) is 7.85. The largest absolute Gasteiger partial charge is 0.308 e. The number of halogens is 1. The van der Waals surface area contributed by atoms with Gasteiger partial charge in [0.2, 0.25) is 5.91 Å². The molecule has 1 aromatic rings. The molecule has 0 bridgehead atoms. The van der Waals surface area contributed by atoms with Crippen molar-refractivity contribution in [3.8, 4) is 0 Å². The minimum absolute atomic E-state index is 0.00806. The van der Waals surface area contributed by atoms with Gasteiger partial charge < -0.3 is 4.90 Å². The molecule has 2 nitrogen and oxygen atoms in total.